The lowest BCUT2D eigenvalue weighted by Crippen LogP contribution is -2.29. The van der Waals surface area contributed by atoms with Crippen molar-refractivity contribution in [3.05, 3.63) is 35.7 Å². The number of nitrogens with zero attached hydrogens (tertiary/aromatic N) is 4. The zero-order chi connectivity index (χ0) is 19.8. The monoisotopic (exact) mass is 389 g/mol. The number of rotatable bonds is 10. The highest BCUT2D eigenvalue weighted by Crippen LogP contribution is 2.18. The molecule has 1 atom stereocenters. The first-order valence-corrected chi connectivity index (χ1v) is 10.0. The lowest BCUT2D eigenvalue weighted by Gasteiger charge is -2.26. The molecule has 1 aliphatic rings. The van der Waals surface area contributed by atoms with Crippen molar-refractivity contribution in [2.24, 2.45) is 7.05 Å². The van der Waals surface area contributed by atoms with E-state index in [2.05, 4.69) is 32.4 Å². The largest absolute Gasteiger partial charge is 0.493 e. The molecule has 1 aromatic heterocycles. The maximum Gasteiger partial charge on any atom is 0.221 e. The SMILES string of the molecule is Cn1nc(CO)nc1NCC(O)CCOc1cccc(CN2CCCCC2)c1. The third kappa shape index (κ3) is 6.19. The minimum atomic E-state index is -0.564. The van der Waals surface area contributed by atoms with Crippen LogP contribution in [-0.4, -0.2) is 62.2 Å². The molecular weight excluding hydrogens is 358 g/mol. The number of aryl methyl sites for hydroxylation is 1. The standard InChI is InChI=1S/C20H31N5O3/c1-24-20(22-19(15-26)23-24)21-13-17(27)8-11-28-18-7-5-6-16(12-18)14-25-9-3-2-4-10-25/h5-7,12,17,26-27H,2-4,8-11,13-15H2,1H3,(H,21,22,23). The van der Waals surface area contributed by atoms with Crippen LogP contribution < -0.4 is 10.1 Å². The Hall–Kier alpha value is -2.16. The fourth-order valence-electron chi connectivity index (χ4n) is 3.39. The van der Waals surface area contributed by atoms with E-state index in [1.54, 1.807) is 11.7 Å². The van der Waals surface area contributed by atoms with E-state index in [0.29, 0.717) is 31.3 Å². The number of aliphatic hydroxyl groups excluding tert-OH is 2. The molecule has 2 aromatic rings. The molecule has 0 amide bonds. The second-order valence-electron chi connectivity index (χ2n) is 7.29. The number of ether oxygens (including phenoxy) is 1. The molecule has 0 radical (unpaired) electrons. The molecule has 0 bridgehead atoms. The van der Waals surface area contributed by atoms with Gasteiger partial charge in [-0.25, -0.2) is 4.68 Å². The van der Waals surface area contributed by atoms with Crippen LogP contribution in [0.25, 0.3) is 0 Å². The van der Waals surface area contributed by atoms with Gasteiger partial charge >= 0.3 is 0 Å². The van der Waals surface area contributed by atoms with Crippen molar-refractivity contribution in [1.29, 1.82) is 0 Å². The molecule has 3 rings (SSSR count). The van der Waals surface area contributed by atoms with Crippen molar-refractivity contribution in [2.45, 2.75) is 44.9 Å². The summed E-state index contributed by atoms with van der Waals surface area (Å²) in [7, 11) is 1.74. The first-order chi connectivity index (χ1) is 13.6. The van der Waals surface area contributed by atoms with Crippen molar-refractivity contribution in [3.8, 4) is 5.75 Å². The molecule has 154 valence electrons. The number of aliphatic hydroxyl groups is 2. The van der Waals surface area contributed by atoms with Gasteiger partial charge in [-0.2, -0.15) is 10.1 Å². The van der Waals surface area contributed by atoms with Gasteiger partial charge in [-0.3, -0.25) is 4.90 Å². The van der Waals surface area contributed by atoms with Crippen LogP contribution in [-0.2, 0) is 20.2 Å². The molecule has 3 N–H and O–H groups in total. The average Bonchev–Trinajstić information content (AvgIpc) is 3.07. The Morgan fingerprint density at radius 1 is 1.25 bits per heavy atom. The topological polar surface area (TPSA) is 95.7 Å². The first-order valence-electron chi connectivity index (χ1n) is 10.0. The van der Waals surface area contributed by atoms with Gasteiger partial charge in [0.1, 0.15) is 12.4 Å². The van der Waals surface area contributed by atoms with Gasteiger partial charge in [-0.05, 0) is 43.6 Å². The number of piperidine rings is 1. The van der Waals surface area contributed by atoms with Gasteiger partial charge in [0.15, 0.2) is 5.82 Å². The van der Waals surface area contributed by atoms with E-state index in [1.807, 2.05) is 12.1 Å². The maximum absolute atomic E-state index is 10.2. The summed E-state index contributed by atoms with van der Waals surface area (Å²) in [5.41, 5.74) is 1.27. The zero-order valence-electron chi connectivity index (χ0n) is 16.5. The number of anilines is 1. The van der Waals surface area contributed by atoms with Gasteiger partial charge in [-0.15, -0.1) is 0 Å². The quantitative estimate of drug-likeness (QED) is 0.567. The second-order valence-corrected chi connectivity index (χ2v) is 7.29. The summed E-state index contributed by atoms with van der Waals surface area (Å²) >= 11 is 0. The molecule has 1 aliphatic heterocycles. The van der Waals surface area contributed by atoms with Crippen LogP contribution in [0.3, 0.4) is 0 Å². The molecule has 2 heterocycles. The van der Waals surface area contributed by atoms with E-state index >= 15 is 0 Å². The minimum Gasteiger partial charge on any atom is -0.493 e. The summed E-state index contributed by atoms with van der Waals surface area (Å²) in [4.78, 5) is 6.62. The fourth-order valence-corrected chi connectivity index (χ4v) is 3.39. The van der Waals surface area contributed by atoms with Crippen molar-refractivity contribution in [1.82, 2.24) is 19.7 Å². The minimum absolute atomic E-state index is 0.206. The Labute approximate surface area is 166 Å². The number of likely N-dealkylation sites (tertiary alicyclic amines) is 1. The van der Waals surface area contributed by atoms with Crippen LogP contribution in [0.4, 0.5) is 5.95 Å². The van der Waals surface area contributed by atoms with E-state index in [9.17, 15) is 5.11 Å². The third-order valence-corrected chi connectivity index (χ3v) is 4.92. The van der Waals surface area contributed by atoms with E-state index in [1.165, 1.54) is 37.9 Å². The molecular formula is C20H31N5O3. The molecule has 1 fully saturated rings. The first kappa shape index (κ1) is 20.6. The van der Waals surface area contributed by atoms with Crippen LogP contribution in [0.15, 0.2) is 24.3 Å². The second kappa shape index (κ2) is 10.4. The van der Waals surface area contributed by atoms with E-state index in [4.69, 9.17) is 9.84 Å². The van der Waals surface area contributed by atoms with Crippen molar-refractivity contribution in [2.75, 3.05) is 31.6 Å². The van der Waals surface area contributed by atoms with E-state index < -0.39 is 6.10 Å². The van der Waals surface area contributed by atoms with E-state index in [-0.39, 0.29) is 6.61 Å². The summed E-state index contributed by atoms with van der Waals surface area (Å²) in [6.07, 6.45) is 3.87. The summed E-state index contributed by atoms with van der Waals surface area (Å²) < 4.78 is 7.38. The van der Waals surface area contributed by atoms with Gasteiger partial charge in [0.05, 0.1) is 12.7 Å². The summed E-state index contributed by atoms with van der Waals surface area (Å²) in [6.45, 7) is 3.90. The highest BCUT2D eigenvalue weighted by atomic mass is 16.5. The van der Waals surface area contributed by atoms with Gasteiger partial charge in [-0.1, -0.05) is 18.6 Å². The lowest BCUT2D eigenvalue weighted by molar-refractivity contribution is 0.149. The molecule has 1 aromatic carbocycles. The van der Waals surface area contributed by atoms with Crippen LogP contribution in [0.2, 0.25) is 0 Å². The van der Waals surface area contributed by atoms with E-state index in [0.717, 1.165) is 12.3 Å². The van der Waals surface area contributed by atoms with Crippen molar-refractivity contribution < 1.29 is 14.9 Å². The highest BCUT2D eigenvalue weighted by molar-refractivity contribution is 5.28. The summed E-state index contributed by atoms with van der Waals surface area (Å²) in [5.74, 6) is 1.72. The molecule has 0 aliphatic carbocycles. The number of nitrogens with one attached hydrogen (secondary N) is 1. The van der Waals surface area contributed by atoms with Gasteiger partial charge in [0.25, 0.3) is 0 Å². The molecule has 1 unspecified atom stereocenters. The molecule has 0 saturated carbocycles. The molecule has 8 nitrogen and oxygen atoms in total. The highest BCUT2D eigenvalue weighted by Gasteiger charge is 2.12. The predicted octanol–water partition coefficient (Wildman–Crippen LogP) is 1.54. The molecule has 0 spiro atoms. The Kier molecular flexibility index (Phi) is 7.64. The van der Waals surface area contributed by atoms with Crippen LogP contribution >= 0.6 is 0 Å². The predicted molar refractivity (Wildman–Crippen MR) is 107 cm³/mol. The van der Waals surface area contributed by atoms with Gasteiger partial charge in [0, 0.05) is 26.6 Å². The lowest BCUT2D eigenvalue weighted by atomic mass is 10.1. The van der Waals surface area contributed by atoms with Crippen LogP contribution in [0, 0.1) is 0 Å². The van der Waals surface area contributed by atoms with Crippen LogP contribution in [0.5, 0.6) is 5.75 Å². The maximum atomic E-state index is 10.2. The van der Waals surface area contributed by atoms with Crippen molar-refractivity contribution in [3.63, 3.8) is 0 Å². The molecule has 28 heavy (non-hydrogen) atoms. The fraction of sp³-hybridized carbons (Fsp3) is 0.600. The normalized spacial score (nSPS) is 16.1. The Bertz CT molecular complexity index is 730. The number of hydrogen-bond acceptors (Lipinski definition) is 7. The summed E-state index contributed by atoms with van der Waals surface area (Å²) in [6, 6.07) is 8.22. The molecule has 8 heteroatoms. The Morgan fingerprint density at radius 3 is 2.82 bits per heavy atom. The average molecular weight is 390 g/mol. The Morgan fingerprint density at radius 2 is 2.07 bits per heavy atom. The smallest absolute Gasteiger partial charge is 0.221 e. The van der Waals surface area contributed by atoms with Gasteiger partial charge in [0.2, 0.25) is 5.95 Å². The molecule has 1 saturated heterocycles. The number of hydrogen-bond donors (Lipinski definition) is 3. The summed E-state index contributed by atoms with van der Waals surface area (Å²) in [5, 5.41) is 26.3. The number of aromatic nitrogens is 3. The van der Waals surface area contributed by atoms with Crippen molar-refractivity contribution >= 4 is 5.95 Å². The number of benzene rings is 1. The van der Waals surface area contributed by atoms with Crippen LogP contribution in [0.1, 0.15) is 37.1 Å². The van der Waals surface area contributed by atoms with Gasteiger partial charge < -0.3 is 20.3 Å². The Balaban J connectivity index is 1.39. The zero-order valence-corrected chi connectivity index (χ0v) is 16.5. The third-order valence-electron chi connectivity index (χ3n) is 4.92.